The first-order valence-electron chi connectivity index (χ1n) is 6.00. The summed E-state index contributed by atoms with van der Waals surface area (Å²) in [5, 5.41) is 25.3. The molecular formula is C14H14FNO3S. The lowest BCUT2D eigenvalue weighted by Gasteiger charge is -2.10. The van der Waals surface area contributed by atoms with Gasteiger partial charge in [-0.2, -0.15) is 11.3 Å². The maximum atomic E-state index is 13.5. The summed E-state index contributed by atoms with van der Waals surface area (Å²) in [6.45, 7) is 0.705. The van der Waals surface area contributed by atoms with Crippen LogP contribution in [-0.4, -0.2) is 22.7 Å². The van der Waals surface area contributed by atoms with E-state index < -0.39 is 17.9 Å². The van der Waals surface area contributed by atoms with Gasteiger partial charge in [0.2, 0.25) is 0 Å². The van der Waals surface area contributed by atoms with E-state index in [-0.39, 0.29) is 5.56 Å². The summed E-state index contributed by atoms with van der Waals surface area (Å²) in [7, 11) is 0. The quantitative estimate of drug-likeness (QED) is 0.765. The van der Waals surface area contributed by atoms with Gasteiger partial charge < -0.3 is 15.5 Å². The molecule has 1 atom stereocenters. The van der Waals surface area contributed by atoms with Gasteiger partial charge in [-0.25, -0.2) is 9.18 Å². The van der Waals surface area contributed by atoms with E-state index in [0.29, 0.717) is 18.7 Å². The van der Waals surface area contributed by atoms with Crippen LogP contribution in [0, 0.1) is 5.82 Å². The van der Waals surface area contributed by atoms with Gasteiger partial charge in [0.25, 0.3) is 0 Å². The minimum Gasteiger partial charge on any atom is -0.478 e. The zero-order chi connectivity index (χ0) is 14.5. The molecule has 2 rings (SSSR count). The number of carboxylic acids is 1. The highest BCUT2D eigenvalue weighted by atomic mass is 32.1. The van der Waals surface area contributed by atoms with Crippen molar-refractivity contribution < 1.29 is 19.4 Å². The Hall–Kier alpha value is -1.76. The molecule has 1 heterocycles. The van der Waals surface area contributed by atoms with Crippen molar-refractivity contribution in [3.63, 3.8) is 0 Å². The molecular weight excluding hydrogens is 281 g/mol. The highest BCUT2D eigenvalue weighted by Crippen LogP contribution is 2.15. The standard InChI is InChI=1S/C14H14FNO3S/c15-12-5-9(1-2-11(12)14(18)19)6-16-7-13(17)10-3-4-20-8-10/h1-5,8,13,16-17H,6-7H2,(H,18,19). The fraction of sp³-hybridized carbons (Fsp3) is 0.214. The number of nitrogens with one attached hydrogen (secondary N) is 1. The smallest absolute Gasteiger partial charge is 0.338 e. The number of aromatic carboxylic acids is 1. The second-order valence-corrected chi connectivity index (χ2v) is 5.10. The van der Waals surface area contributed by atoms with E-state index in [0.717, 1.165) is 5.56 Å². The Morgan fingerprint density at radius 1 is 1.40 bits per heavy atom. The summed E-state index contributed by atoms with van der Waals surface area (Å²) in [6.07, 6.45) is -0.607. The number of hydrogen-bond donors (Lipinski definition) is 3. The SMILES string of the molecule is O=C(O)c1ccc(CNCC(O)c2ccsc2)cc1F. The summed E-state index contributed by atoms with van der Waals surface area (Å²) in [5.41, 5.74) is 1.13. The third-order valence-electron chi connectivity index (χ3n) is 2.86. The summed E-state index contributed by atoms with van der Waals surface area (Å²) in [5.74, 6) is -2.04. The van der Waals surface area contributed by atoms with Crippen molar-refractivity contribution >= 4 is 17.3 Å². The maximum Gasteiger partial charge on any atom is 0.338 e. The van der Waals surface area contributed by atoms with Crippen LogP contribution in [0.5, 0.6) is 0 Å². The molecule has 0 spiro atoms. The van der Waals surface area contributed by atoms with E-state index in [2.05, 4.69) is 5.32 Å². The number of aliphatic hydroxyl groups excluding tert-OH is 1. The van der Waals surface area contributed by atoms with E-state index in [1.165, 1.54) is 23.5 Å². The Morgan fingerprint density at radius 2 is 2.20 bits per heavy atom. The molecule has 1 aromatic heterocycles. The minimum atomic E-state index is -1.28. The molecule has 0 saturated heterocycles. The maximum absolute atomic E-state index is 13.5. The topological polar surface area (TPSA) is 69.6 Å². The molecule has 0 aliphatic carbocycles. The third-order valence-corrected chi connectivity index (χ3v) is 3.56. The van der Waals surface area contributed by atoms with E-state index in [4.69, 9.17) is 5.11 Å². The van der Waals surface area contributed by atoms with Gasteiger partial charge in [0, 0.05) is 13.1 Å². The Labute approximate surface area is 119 Å². The Morgan fingerprint density at radius 3 is 2.80 bits per heavy atom. The summed E-state index contributed by atoms with van der Waals surface area (Å²) < 4.78 is 13.5. The molecule has 4 nitrogen and oxygen atoms in total. The number of carboxylic acid groups (broad SMARTS) is 1. The lowest BCUT2D eigenvalue weighted by molar-refractivity contribution is 0.0692. The molecule has 2 aromatic rings. The monoisotopic (exact) mass is 295 g/mol. The Kier molecular flexibility index (Phi) is 4.84. The Balaban J connectivity index is 1.88. The number of halogens is 1. The number of hydrogen-bond acceptors (Lipinski definition) is 4. The van der Waals surface area contributed by atoms with Crippen LogP contribution in [0.15, 0.2) is 35.0 Å². The molecule has 0 amide bonds. The first-order chi connectivity index (χ1) is 9.58. The first-order valence-corrected chi connectivity index (χ1v) is 6.95. The first kappa shape index (κ1) is 14.6. The second-order valence-electron chi connectivity index (χ2n) is 4.32. The van der Waals surface area contributed by atoms with Crippen molar-refractivity contribution in [2.45, 2.75) is 12.6 Å². The molecule has 1 unspecified atom stereocenters. The third kappa shape index (κ3) is 3.63. The predicted octanol–water partition coefficient (Wildman–Crippen LogP) is 2.41. The molecule has 0 saturated carbocycles. The predicted molar refractivity (Wildman–Crippen MR) is 74.3 cm³/mol. The average molecular weight is 295 g/mol. The number of aliphatic hydroxyl groups is 1. The van der Waals surface area contributed by atoms with E-state index in [1.807, 2.05) is 16.8 Å². The number of thiophene rings is 1. The molecule has 0 aliphatic rings. The molecule has 106 valence electrons. The van der Waals surface area contributed by atoms with Gasteiger partial charge >= 0.3 is 5.97 Å². The van der Waals surface area contributed by atoms with Gasteiger partial charge in [-0.15, -0.1) is 0 Å². The summed E-state index contributed by atoms with van der Waals surface area (Å²) in [6, 6.07) is 5.83. The van der Waals surface area contributed by atoms with Crippen LogP contribution in [0.1, 0.15) is 27.6 Å². The molecule has 0 fully saturated rings. The van der Waals surface area contributed by atoms with Gasteiger partial charge in [-0.05, 0) is 40.1 Å². The van der Waals surface area contributed by atoms with Crippen molar-refractivity contribution in [2.75, 3.05) is 6.54 Å². The average Bonchev–Trinajstić information content (AvgIpc) is 2.92. The van der Waals surface area contributed by atoms with Crippen LogP contribution in [0.3, 0.4) is 0 Å². The second kappa shape index (κ2) is 6.60. The molecule has 0 radical (unpaired) electrons. The van der Waals surface area contributed by atoms with Crippen LogP contribution >= 0.6 is 11.3 Å². The summed E-state index contributed by atoms with van der Waals surface area (Å²) in [4.78, 5) is 10.7. The lowest BCUT2D eigenvalue weighted by atomic mass is 10.1. The summed E-state index contributed by atoms with van der Waals surface area (Å²) >= 11 is 1.51. The van der Waals surface area contributed by atoms with Crippen molar-refractivity contribution in [1.29, 1.82) is 0 Å². The molecule has 0 bridgehead atoms. The van der Waals surface area contributed by atoms with Gasteiger partial charge in [0.1, 0.15) is 5.82 Å². The zero-order valence-corrected chi connectivity index (χ0v) is 11.4. The largest absolute Gasteiger partial charge is 0.478 e. The van der Waals surface area contributed by atoms with E-state index in [1.54, 1.807) is 6.07 Å². The van der Waals surface area contributed by atoms with Crippen LogP contribution in [0.4, 0.5) is 4.39 Å². The van der Waals surface area contributed by atoms with E-state index >= 15 is 0 Å². The Bertz CT molecular complexity index is 586. The molecule has 6 heteroatoms. The number of benzene rings is 1. The minimum absolute atomic E-state index is 0.341. The normalized spacial score (nSPS) is 12.3. The van der Waals surface area contributed by atoms with Gasteiger partial charge in [-0.1, -0.05) is 6.07 Å². The fourth-order valence-corrected chi connectivity index (χ4v) is 2.48. The highest BCUT2D eigenvalue weighted by Gasteiger charge is 2.11. The van der Waals surface area contributed by atoms with Crippen LogP contribution < -0.4 is 5.32 Å². The molecule has 3 N–H and O–H groups in total. The fourth-order valence-electron chi connectivity index (χ4n) is 1.78. The molecule has 20 heavy (non-hydrogen) atoms. The van der Waals surface area contributed by atoms with Crippen molar-refractivity contribution in [1.82, 2.24) is 5.32 Å². The van der Waals surface area contributed by atoms with Crippen molar-refractivity contribution in [3.8, 4) is 0 Å². The van der Waals surface area contributed by atoms with Gasteiger partial charge in [0.05, 0.1) is 11.7 Å². The van der Waals surface area contributed by atoms with Crippen molar-refractivity contribution in [2.24, 2.45) is 0 Å². The number of rotatable bonds is 6. The van der Waals surface area contributed by atoms with Gasteiger partial charge in [0.15, 0.2) is 0 Å². The zero-order valence-electron chi connectivity index (χ0n) is 10.5. The van der Waals surface area contributed by atoms with E-state index in [9.17, 15) is 14.3 Å². The lowest BCUT2D eigenvalue weighted by Crippen LogP contribution is -2.21. The van der Waals surface area contributed by atoms with Crippen molar-refractivity contribution in [3.05, 3.63) is 57.5 Å². The van der Waals surface area contributed by atoms with Crippen LogP contribution in [0.25, 0.3) is 0 Å². The van der Waals surface area contributed by atoms with Crippen LogP contribution in [-0.2, 0) is 6.54 Å². The van der Waals surface area contributed by atoms with Crippen LogP contribution in [0.2, 0.25) is 0 Å². The highest BCUT2D eigenvalue weighted by molar-refractivity contribution is 7.07. The molecule has 1 aromatic carbocycles. The molecule has 0 aliphatic heterocycles. The van der Waals surface area contributed by atoms with Gasteiger partial charge in [-0.3, -0.25) is 0 Å². The number of carbonyl (C=O) groups is 1.